The van der Waals surface area contributed by atoms with E-state index in [4.69, 9.17) is 5.41 Å². The van der Waals surface area contributed by atoms with Crippen molar-refractivity contribution in [2.24, 2.45) is 5.92 Å². The van der Waals surface area contributed by atoms with Gasteiger partial charge in [0.25, 0.3) is 0 Å². The number of hydrogen-bond donors (Lipinski definition) is 1. The van der Waals surface area contributed by atoms with Gasteiger partial charge in [-0.25, -0.2) is 0 Å². The molecule has 2 nitrogen and oxygen atoms in total. The first-order valence-corrected chi connectivity index (χ1v) is 4.26. The van der Waals surface area contributed by atoms with Gasteiger partial charge < -0.3 is 5.41 Å². The number of nitrogens with one attached hydrogen (secondary N) is 1. The molecule has 0 bridgehead atoms. The van der Waals surface area contributed by atoms with E-state index >= 15 is 0 Å². The summed E-state index contributed by atoms with van der Waals surface area (Å²) in [6, 6.07) is 0. The van der Waals surface area contributed by atoms with Gasteiger partial charge in [0.1, 0.15) is 5.78 Å². The molecule has 0 aromatic heterocycles. The lowest BCUT2D eigenvalue weighted by Gasteiger charge is -2.19. The van der Waals surface area contributed by atoms with Crippen LogP contribution in [-0.2, 0) is 4.79 Å². The van der Waals surface area contributed by atoms with Crippen molar-refractivity contribution in [2.45, 2.75) is 25.7 Å². The Bertz CT molecular complexity index is 190. The molecule has 0 heterocycles. The van der Waals surface area contributed by atoms with Crippen LogP contribution in [0, 0.1) is 11.3 Å². The van der Waals surface area contributed by atoms with Crippen molar-refractivity contribution >= 4 is 29.1 Å². The summed E-state index contributed by atoms with van der Waals surface area (Å²) in [5, 5.41) is 8.84. The van der Waals surface area contributed by atoms with Crippen LogP contribution in [-0.4, -0.2) is 16.9 Å². The fourth-order valence-electron chi connectivity index (χ4n) is 1.35. The van der Waals surface area contributed by atoms with E-state index in [0.29, 0.717) is 24.3 Å². The molecule has 0 radical (unpaired) electrons. The predicted octanol–water partition coefficient (Wildman–Crippen LogP) is 1.77. The number of carbonyl (C=O) groups excluding carboxylic acids is 1. The SMILES string of the molecule is N=C(C=S)C1CCC(=O)CC1. The van der Waals surface area contributed by atoms with E-state index in [9.17, 15) is 4.79 Å². The maximum atomic E-state index is 10.8. The van der Waals surface area contributed by atoms with E-state index in [1.807, 2.05) is 0 Å². The Morgan fingerprint density at radius 2 is 2.09 bits per heavy atom. The topological polar surface area (TPSA) is 40.9 Å². The molecule has 3 heteroatoms. The van der Waals surface area contributed by atoms with E-state index < -0.39 is 0 Å². The van der Waals surface area contributed by atoms with Gasteiger partial charge >= 0.3 is 0 Å². The number of hydrogen-bond acceptors (Lipinski definition) is 3. The first-order valence-electron chi connectivity index (χ1n) is 3.79. The zero-order valence-corrected chi connectivity index (χ0v) is 7.12. The Morgan fingerprint density at radius 3 is 2.55 bits per heavy atom. The van der Waals surface area contributed by atoms with Crippen LogP contribution in [0.3, 0.4) is 0 Å². The van der Waals surface area contributed by atoms with E-state index in [1.54, 1.807) is 0 Å². The zero-order valence-electron chi connectivity index (χ0n) is 6.30. The van der Waals surface area contributed by atoms with Gasteiger partial charge in [-0.1, -0.05) is 12.2 Å². The second-order valence-electron chi connectivity index (χ2n) is 2.89. The molecule has 0 amide bonds. The first kappa shape index (κ1) is 8.53. The first-order chi connectivity index (χ1) is 5.24. The van der Waals surface area contributed by atoms with Gasteiger partial charge in [-0.15, -0.1) is 0 Å². The molecule has 60 valence electrons. The van der Waals surface area contributed by atoms with Crippen molar-refractivity contribution in [3.63, 3.8) is 0 Å². The van der Waals surface area contributed by atoms with Gasteiger partial charge in [0.05, 0.1) is 0 Å². The van der Waals surface area contributed by atoms with Crippen molar-refractivity contribution in [1.82, 2.24) is 0 Å². The third-order valence-electron chi connectivity index (χ3n) is 2.11. The van der Waals surface area contributed by atoms with Gasteiger partial charge in [0.15, 0.2) is 0 Å². The molecule has 0 saturated heterocycles. The van der Waals surface area contributed by atoms with Gasteiger partial charge in [-0.3, -0.25) is 4.79 Å². The standard InChI is InChI=1S/C8H11NOS/c9-8(5-11)6-1-3-7(10)4-2-6/h5-6,9H,1-4H2. The Morgan fingerprint density at radius 1 is 1.55 bits per heavy atom. The van der Waals surface area contributed by atoms with Gasteiger partial charge in [0, 0.05) is 29.8 Å². The summed E-state index contributed by atoms with van der Waals surface area (Å²) in [5.74, 6) is 0.587. The maximum absolute atomic E-state index is 10.8. The van der Waals surface area contributed by atoms with Gasteiger partial charge in [-0.05, 0) is 12.8 Å². The highest BCUT2D eigenvalue weighted by atomic mass is 32.1. The zero-order chi connectivity index (χ0) is 8.27. The number of rotatable bonds is 2. The monoisotopic (exact) mass is 169 g/mol. The maximum Gasteiger partial charge on any atom is 0.132 e. The summed E-state index contributed by atoms with van der Waals surface area (Å²) >= 11 is 4.65. The molecule has 1 fully saturated rings. The Kier molecular flexibility index (Phi) is 2.88. The van der Waals surface area contributed by atoms with E-state index in [2.05, 4.69) is 12.2 Å². The minimum Gasteiger partial charge on any atom is -0.304 e. The normalized spacial score (nSPS) is 19.8. The number of thiocarbonyl (C=S) groups is 1. The molecule has 1 aliphatic carbocycles. The largest absolute Gasteiger partial charge is 0.304 e. The van der Waals surface area contributed by atoms with Crippen LogP contribution in [0.5, 0.6) is 0 Å². The molecular formula is C8H11NOS. The molecule has 0 atom stereocenters. The number of Topliss-reactive ketones (excluding diaryl/α,β-unsaturated/α-hetero) is 1. The molecule has 0 spiro atoms. The van der Waals surface area contributed by atoms with Crippen LogP contribution in [0.25, 0.3) is 0 Å². The molecule has 0 aliphatic heterocycles. The smallest absolute Gasteiger partial charge is 0.132 e. The molecule has 1 saturated carbocycles. The van der Waals surface area contributed by atoms with Crippen LogP contribution in [0.2, 0.25) is 0 Å². The van der Waals surface area contributed by atoms with E-state index in [-0.39, 0.29) is 5.92 Å². The van der Waals surface area contributed by atoms with Gasteiger partial charge in [0.2, 0.25) is 0 Å². The lowest BCUT2D eigenvalue weighted by Crippen LogP contribution is -2.21. The fourth-order valence-corrected chi connectivity index (χ4v) is 1.54. The minimum absolute atomic E-state index is 0.255. The molecule has 11 heavy (non-hydrogen) atoms. The average molecular weight is 169 g/mol. The minimum atomic E-state index is 0.255. The number of ketones is 1. The highest BCUT2D eigenvalue weighted by Gasteiger charge is 2.20. The average Bonchev–Trinajstić information content (AvgIpc) is 2.05. The third kappa shape index (κ3) is 2.19. The summed E-state index contributed by atoms with van der Waals surface area (Å²) < 4.78 is 0. The Balaban J connectivity index is 2.44. The third-order valence-corrected chi connectivity index (χ3v) is 2.36. The summed E-state index contributed by atoms with van der Waals surface area (Å²) in [6.07, 6.45) is 2.92. The molecule has 1 aliphatic rings. The molecule has 1 N–H and O–H groups in total. The van der Waals surface area contributed by atoms with Crippen LogP contribution in [0.15, 0.2) is 0 Å². The Hall–Kier alpha value is -0.570. The van der Waals surface area contributed by atoms with E-state index in [1.165, 1.54) is 5.37 Å². The predicted molar refractivity (Wildman–Crippen MR) is 48.3 cm³/mol. The summed E-state index contributed by atoms with van der Waals surface area (Å²) in [4.78, 5) is 10.8. The van der Waals surface area contributed by atoms with E-state index in [0.717, 1.165) is 12.8 Å². The van der Waals surface area contributed by atoms with Crippen molar-refractivity contribution in [3.05, 3.63) is 0 Å². The van der Waals surface area contributed by atoms with Crippen molar-refractivity contribution in [3.8, 4) is 0 Å². The lowest BCUT2D eigenvalue weighted by molar-refractivity contribution is -0.120. The fraction of sp³-hybridized carbons (Fsp3) is 0.625. The Labute approximate surface area is 71.5 Å². The van der Waals surface area contributed by atoms with Crippen LogP contribution >= 0.6 is 12.2 Å². The second kappa shape index (κ2) is 3.72. The number of carbonyl (C=O) groups is 1. The summed E-state index contributed by atoms with van der Waals surface area (Å²) in [5.41, 5.74) is 0.521. The molecule has 0 unspecified atom stereocenters. The second-order valence-corrected chi connectivity index (χ2v) is 3.12. The highest BCUT2D eigenvalue weighted by Crippen LogP contribution is 2.21. The summed E-state index contributed by atoms with van der Waals surface area (Å²) in [7, 11) is 0. The molecule has 0 aromatic carbocycles. The molecule has 1 rings (SSSR count). The van der Waals surface area contributed by atoms with Crippen molar-refractivity contribution in [1.29, 1.82) is 5.41 Å². The lowest BCUT2D eigenvalue weighted by atomic mass is 9.86. The van der Waals surface area contributed by atoms with Crippen molar-refractivity contribution < 1.29 is 4.79 Å². The quantitative estimate of drug-likeness (QED) is 0.505. The van der Waals surface area contributed by atoms with Crippen molar-refractivity contribution in [2.75, 3.05) is 0 Å². The van der Waals surface area contributed by atoms with Crippen LogP contribution in [0.1, 0.15) is 25.7 Å². The van der Waals surface area contributed by atoms with Crippen LogP contribution in [0.4, 0.5) is 0 Å². The molecule has 0 aromatic rings. The molecular weight excluding hydrogens is 158 g/mol. The van der Waals surface area contributed by atoms with Crippen LogP contribution < -0.4 is 0 Å². The highest BCUT2D eigenvalue weighted by molar-refractivity contribution is 7.80. The van der Waals surface area contributed by atoms with Gasteiger partial charge in [-0.2, -0.15) is 0 Å². The summed E-state index contributed by atoms with van der Waals surface area (Å²) in [6.45, 7) is 0.